The van der Waals surface area contributed by atoms with Gasteiger partial charge in [-0.1, -0.05) is 61.4 Å². The standard InChI is InChI=1S/C19H23NO/c1-2-8-16(9-3-1)18-12-6-7-13-19(18)21-15-14-20-17-10-4-5-11-17/h1-3,6-9,12-13,17,20H,4-5,10-11,14-15H2. The van der Waals surface area contributed by atoms with Crippen molar-refractivity contribution in [2.75, 3.05) is 13.2 Å². The van der Waals surface area contributed by atoms with Crippen molar-refractivity contribution in [1.29, 1.82) is 0 Å². The molecule has 0 bridgehead atoms. The number of ether oxygens (including phenoxy) is 1. The van der Waals surface area contributed by atoms with E-state index in [9.17, 15) is 0 Å². The summed E-state index contributed by atoms with van der Waals surface area (Å²) in [6.07, 6.45) is 5.38. The van der Waals surface area contributed by atoms with Crippen LogP contribution in [0.3, 0.4) is 0 Å². The lowest BCUT2D eigenvalue weighted by Gasteiger charge is -2.14. The summed E-state index contributed by atoms with van der Waals surface area (Å²) in [5.41, 5.74) is 2.37. The highest BCUT2D eigenvalue weighted by atomic mass is 16.5. The van der Waals surface area contributed by atoms with Gasteiger partial charge in [-0.3, -0.25) is 0 Å². The molecule has 0 heterocycles. The molecule has 3 rings (SSSR count). The third-order valence-electron chi connectivity index (χ3n) is 4.12. The van der Waals surface area contributed by atoms with Crippen LogP contribution in [0.4, 0.5) is 0 Å². The maximum Gasteiger partial charge on any atom is 0.127 e. The highest BCUT2D eigenvalue weighted by Crippen LogP contribution is 2.29. The Balaban J connectivity index is 1.58. The number of benzene rings is 2. The molecule has 110 valence electrons. The molecule has 21 heavy (non-hydrogen) atoms. The first-order valence-electron chi connectivity index (χ1n) is 7.94. The van der Waals surface area contributed by atoms with Gasteiger partial charge in [-0.15, -0.1) is 0 Å². The Bertz CT molecular complexity index is 547. The molecule has 0 unspecified atom stereocenters. The van der Waals surface area contributed by atoms with E-state index in [0.29, 0.717) is 6.04 Å². The van der Waals surface area contributed by atoms with Gasteiger partial charge >= 0.3 is 0 Å². The maximum absolute atomic E-state index is 5.99. The molecule has 2 aromatic rings. The highest BCUT2D eigenvalue weighted by Gasteiger charge is 2.13. The van der Waals surface area contributed by atoms with Crippen LogP contribution in [-0.2, 0) is 0 Å². The summed E-state index contributed by atoms with van der Waals surface area (Å²) in [7, 11) is 0. The summed E-state index contributed by atoms with van der Waals surface area (Å²) in [6, 6.07) is 19.4. The normalized spacial score (nSPS) is 15.2. The van der Waals surface area contributed by atoms with Crippen molar-refractivity contribution in [2.45, 2.75) is 31.7 Å². The van der Waals surface area contributed by atoms with Crippen molar-refractivity contribution >= 4 is 0 Å². The first-order chi connectivity index (χ1) is 10.4. The van der Waals surface area contributed by atoms with Crippen LogP contribution in [0.2, 0.25) is 0 Å². The van der Waals surface area contributed by atoms with E-state index in [1.807, 2.05) is 12.1 Å². The average molecular weight is 281 g/mol. The predicted octanol–water partition coefficient (Wildman–Crippen LogP) is 4.26. The van der Waals surface area contributed by atoms with Gasteiger partial charge in [-0.25, -0.2) is 0 Å². The summed E-state index contributed by atoms with van der Waals surface area (Å²) < 4.78 is 5.99. The van der Waals surface area contributed by atoms with Crippen molar-refractivity contribution in [3.8, 4) is 16.9 Å². The Morgan fingerprint density at radius 3 is 2.43 bits per heavy atom. The zero-order chi connectivity index (χ0) is 14.3. The SMILES string of the molecule is c1ccc(-c2ccccc2OCCNC2CCCC2)cc1. The molecular formula is C19H23NO. The molecule has 0 amide bonds. The van der Waals surface area contributed by atoms with Gasteiger partial charge in [0.05, 0.1) is 0 Å². The second-order valence-corrected chi connectivity index (χ2v) is 5.65. The minimum absolute atomic E-state index is 0.706. The lowest BCUT2D eigenvalue weighted by molar-refractivity contribution is 0.306. The third-order valence-corrected chi connectivity index (χ3v) is 4.12. The largest absolute Gasteiger partial charge is 0.492 e. The van der Waals surface area contributed by atoms with Gasteiger partial charge in [-0.2, -0.15) is 0 Å². The molecule has 2 aromatic carbocycles. The van der Waals surface area contributed by atoms with Gasteiger partial charge in [0, 0.05) is 18.2 Å². The Kier molecular flexibility index (Phi) is 4.90. The zero-order valence-corrected chi connectivity index (χ0v) is 12.4. The van der Waals surface area contributed by atoms with Crippen LogP contribution in [0.1, 0.15) is 25.7 Å². The van der Waals surface area contributed by atoms with E-state index in [1.165, 1.54) is 36.8 Å². The molecule has 1 saturated carbocycles. The number of hydrogen-bond acceptors (Lipinski definition) is 2. The molecule has 0 spiro atoms. The average Bonchev–Trinajstić information content (AvgIpc) is 3.06. The van der Waals surface area contributed by atoms with Crippen molar-refractivity contribution < 1.29 is 4.74 Å². The smallest absolute Gasteiger partial charge is 0.127 e. The van der Waals surface area contributed by atoms with Gasteiger partial charge in [0.2, 0.25) is 0 Å². The molecule has 2 nitrogen and oxygen atoms in total. The Morgan fingerprint density at radius 2 is 1.62 bits per heavy atom. The molecule has 1 fully saturated rings. The second-order valence-electron chi connectivity index (χ2n) is 5.65. The van der Waals surface area contributed by atoms with Gasteiger partial charge in [0.1, 0.15) is 12.4 Å². The summed E-state index contributed by atoms with van der Waals surface area (Å²) in [4.78, 5) is 0. The fourth-order valence-electron chi connectivity index (χ4n) is 3.00. The fourth-order valence-corrected chi connectivity index (χ4v) is 3.00. The van der Waals surface area contributed by atoms with E-state index in [1.54, 1.807) is 0 Å². The minimum Gasteiger partial charge on any atom is -0.492 e. The Hall–Kier alpha value is -1.80. The van der Waals surface area contributed by atoms with Gasteiger partial charge in [0.15, 0.2) is 0 Å². The number of hydrogen-bond donors (Lipinski definition) is 1. The minimum atomic E-state index is 0.706. The third kappa shape index (κ3) is 3.85. The van der Waals surface area contributed by atoms with E-state index in [-0.39, 0.29) is 0 Å². The van der Waals surface area contributed by atoms with Gasteiger partial charge in [0.25, 0.3) is 0 Å². The highest BCUT2D eigenvalue weighted by molar-refractivity contribution is 5.70. The molecule has 1 aliphatic rings. The van der Waals surface area contributed by atoms with E-state index in [2.05, 4.69) is 47.8 Å². The summed E-state index contributed by atoms with van der Waals surface area (Å²) in [6.45, 7) is 1.65. The van der Waals surface area contributed by atoms with Crippen LogP contribution in [-0.4, -0.2) is 19.2 Å². The zero-order valence-electron chi connectivity index (χ0n) is 12.4. The fraction of sp³-hybridized carbons (Fsp3) is 0.368. The Labute approximate surface area is 127 Å². The lowest BCUT2D eigenvalue weighted by atomic mass is 10.1. The number of nitrogens with one attached hydrogen (secondary N) is 1. The van der Waals surface area contributed by atoms with E-state index in [4.69, 9.17) is 4.74 Å². The van der Waals surface area contributed by atoms with Crippen LogP contribution < -0.4 is 10.1 Å². The van der Waals surface area contributed by atoms with E-state index < -0.39 is 0 Å². The van der Waals surface area contributed by atoms with Crippen molar-refractivity contribution in [3.05, 3.63) is 54.6 Å². The molecule has 0 saturated heterocycles. The van der Waals surface area contributed by atoms with Crippen LogP contribution in [0.25, 0.3) is 11.1 Å². The molecule has 2 heteroatoms. The van der Waals surface area contributed by atoms with Crippen molar-refractivity contribution in [3.63, 3.8) is 0 Å². The monoisotopic (exact) mass is 281 g/mol. The number of para-hydroxylation sites is 1. The molecule has 1 N–H and O–H groups in total. The quantitative estimate of drug-likeness (QED) is 0.799. The maximum atomic E-state index is 5.99. The van der Waals surface area contributed by atoms with Crippen molar-refractivity contribution in [1.82, 2.24) is 5.32 Å². The van der Waals surface area contributed by atoms with Crippen LogP contribution in [0, 0.1) is 0 Å². The predicted molar refractivity (Wildman–Crippen MR) is 87.6 cm³/mol. The second kappa shape index (κ2) is 7.28. The van der Waals surface area contributed by atoms with Crippen LogP contribution >= 0.6 is 0 Å². The summed E-state index contributed by atoms with van der Waals surface area (Å²) in [5.74, 6) is 0.969. The molecule has 0 radical (unpaired) electrons. The van der Waals surface area contributed by atoms with Crippen molar-refractivity contribution in [2.24, 2.45) is 0 Å². The van der Waals surface area contributed by atoms with Gasteiger partial charge < -0.3 is 10.1 Å². The van der Waals surface area contributed by atoms with E-state index >= 15 is 0 Å². The summed E-state index contributed by atoms with van der Waals surface area (Å²) in [5, 5.41) is 3.59. The molecule has 0 atom stereocenters. The van der Waals surface area contributed by atoms with Gasteiger partial charge in [-0.05, 0) is 24.5 Å². The van der Waals surface area contributed by atoms with E-state index in [0.717, 1.165) is 18.9 Å². The van der Waals surface area contributed by atoms with Crippen LogP contribution in [0.5, 0.6) is 5.75 Å². The molecule has 0 aromatic heterocycles. The van der Waals surface area contributed by atoms with Crippen LogP contribution in [0.15, 0.2) is 54.6 Å². The molecule has 0 aliphatic heterocycles. The topological polar surface area (TPSA) is 21.3 Å². The first-order valence-corrected chi connectivity index (χ1v) is 7.94. The Morgan fingerprint density at radius 1 is 0.905 bits per heavy atom. The molecule has 1 aliphatic carbocycles. The number of rotatable bonds is 6. The first kappa shape index (κ1) is 14.2. The summed E-state index contributed by atoms with van der Waals surface area (Å²) >= 11 is 0. The lowest BCUT2D eigenvalue weighted by Crippen LogP contribution is -2.30. The molecular weight excluding hydrogens is 258 g/mol.